The molecule has 0 bridgehead atoms. The largest absolute Gasteiger partial charge is 0.356 e. The number of imidazole rings is 1. The highest BCUT2D eigenvalue weighted by atomic mass is 16.1. The van der Waals surface area contributed by atoms with Gasteiger partial charge in [0.1, 0.15) is 5.82 Å². The summed E-state index contributed by atoms with van der Waals surface area (Å²) >= 11 is 0. The van der Waals surface area contributed by atoms with Gasteiger partial charge in [-0.2, -0.15) is 0 Å². The summed E-state index contributed by atoms with van der Waals surface area (Å²) in [5.74, 6) is 1.35. The molecular weight excluding hydrogens is 228 g/mol. The topological polar surface area (TPSA) is 83.8 Å². The molecule has 0 unspecified atom stereocenters. The van der Waals surface area contributed by atoms with Crippen molar-refractivity contribution < 1.29 is 4.79 Å². The first-order valence-corrected chi connectivity index (χ1v) is 6.77. The monoisotopic (exact) mass is 250 g/mol. The van der Waals surface area contributed by atoms with Crippen molar-refractivity contribution in [1.82, 2.24) is 15.3 Å². The Bertz CT molecular complexity index is 355. The number of aromatic nitrogens is 2. The fourth-order valence-corrected chi connectivity index (χ4v) is 2.43. The number of hydrogen-bond donors (Lipinski definition) is 3. The van der Waals surface area contributed by atoms with Crippen LogP contribution in [0.4, 0.5) is 0 Å². The second-order valence-corrected chi connectivity index (χ2v) is 5.04. The molecule has 18 heavy (non-hydrogen) atoms. The number of H-pyrrole nitrogens is 1. The second-order valence-electron chi connectivity index (χ2n) is 5.04. The zero-order valence-electron chi connectivity index (χ0n) is 10.7. The van der Waals surface area contributed by atoms with Crippen molar-refractivity contribution in [2.24, 2.45) is 11.7 Å². The molecule has 1 saturated carbocycles. The summed E-state index contributed by atoms with van der Waals surface area (Å²) in [5.41, 5.74) is 5.83. The lowest BCUT2D eigenvalue weighted by molar-refractivity contribution is -0.125. The summed E-state index contributed by atoms with van der Waals surface area (Å²) in [6, 6.07) is 0.299. The predicted octanol–water partition coefficient (Wildman–Crippen LogP) is 0.976. The number of hydrogen-bond acceptors (Lipinski definition) is 3. The molecule has 0 atom stereocenters. The molecule has 2 rings (SSSR count). The van der Waals surface area contributed by atoms with Gasteiger partial charge in [-0.15, -0.1) is 0 Å². The molecule has 1 aromatic rings. The Morgan fingerprint density at radius 3 is 2.89 bits per heavy atom. The van der Waals surface area contributed by atoms with Gasteiger partial charge in [0, 0.05) is 37.3 Å². The number of nitrogens with zero attached hydrogens (tertiary/aromatic N) is 1. The first-order chi connectivity index (χ1) is 8.75. The maximum atomic E-state index is 11.9. The highest BCUT2D eigenvalue weighted by Crippen LogP contribution is 2.23. The number of aromatic amines is 1. The lowest BCUT2D eigenvalue weighted by Gasteiger charge is -2.25. The smallest absolute Gasteiger partial charge is 0.223 e. The Morgan fingerprint density at radius 1 is 1.44 bits per heavy atom. The molecule has 0 radical (unpaired) electrons. The lowest BCUT2D eigenvalue weighted by Crippen LogP contribution is -2.36. The molecule has 1 aromatic heterocycles. The van der Waals surface area contributed by atoms with Crippen LogP contribution in [0.15, 0.2) is 12.4 Å². The van der Waals surface area contributed by atoms with Gasteiger partial charge in [-0.1, -0.05) is 0 Å². The van der Waals surface area contributed by atoms with E-state index in [1.54, 1.807) is 6.20 Å². The van der Waals surface area contributed by atoms with Crippen molar-refractivity contribution in [1.29, 1.82) is 0 Å². The van der Waals surface area contributed by atoms with Crippen molar-refractivity contribution in [3.8, 4) is 0 Å². The zero-order valence-corrected chi connectivity index (χ0v) is 10.7. The number of carbonyl (C=O) groups is 1. The van der Waals surface area contributed by atoms with Crippen molar-refractivity contribution in [3.63, 3.8) is 0 Å². The van der Waals surface area contributed by atoms with E-state index in [0.717, 1.165) is 50.9 Å². The highest BCUT2D eigenvalue weighted by Gasteiger charge is 2.23. The normalized spacial score (nSPS) is 23.8. The number of carbonyl (C=O) groups excluding carboxylic acids is 1. The summed E-state index contributed by atoms with van der Waals surface area (Å²) in [7, 11) is 0. The van der Waals surface area contributed by atoms with Gasteiger partial charge >= 0.3 is 0 Å². The van der Waals surface area contributed by atoms with E-state index in [0.29, 0.717) is 6.04 Å². The summed E-state index contributed by atoms with van der Waals surface area (Å²) in [6.07, 6.45) is 9.19. The fraction of sp³-hybridized carbons (Fsp3) is 0.692. The van der Waals surface area contributed by atoms with Gasteiger partial charge in [0.05, 0.1) is 0 Å². The third-order valence-electron chi connectivity index (χ3n) is 3.59. The SMILES string of the molecule is NC1CCC(C(=O)NCCCc2ncc[nH]2)CC1. The molecule has 1 aliphatic carbocycles. The van der Waals surface area contributed by atoms with Crippen LogP contribution in [-0.4, -0.2) is 28.5 Å². The minimum Gasteiger partial charge on any atom is -0.356 e. The maximum Gasteiger partial charge on any atom is 0.223 e. The van der Waals surface area contributed by atoms with Crippen LogP contribution in [0.2, 0.25) is 0 Å². The first kappa shape index (κ1) is 13.1. The van der Waals surface area contributed by atoms with Gasteiger partial charge in [-0.05, 0) is 32.1 Å². The van der Waals surface area contributed by atoms with E-state index in [2.05, 4.69) is 15.3 Å². The zero-order chi connectivity index (χ0) is 12.8. The average Bonchev–Trinajstić information content (AvgIpc) is 2.88. The lowest BCUT2D eigenvalue weighted by atomic mass is 9.86. The number of aryl methyl sites for hydroxylation is 1. The molecule has 5 nitrogen and oxygen atoms in total. The molecule has 0 aliphatic heterocycles. The van der Waals surface area contributed by atoms with Crippen LogP contribution < -0.4 is 11.1 Å². The van der Waals surface area contributed by atoms with Crippen LogP contribution in [0, 0.1) is 5.92 Å². The van der Waals surface area contributed by atoms with E-state index < -0.39 is 0 Å². The molecule has 4 N–H and O–H groups in total. The van der Waals surface area contributed by atoms with Crippen LogP contribution in [0.5, 0.6) is 0 Å². The van der Waals surface area contributed by atoms with Gasteiger partial charge in [0.15, 0.2) is 0 Å². The Morgan fingerprint density at radius 2 is 2.22 bits per heavy atom. The molecule has 0 spiro atoms. The van der Waals surface area contributed by atoms with Gasteiger partial charge in [-0.3, -0.25) is 4.79 Å². The Kier molecular flexibility index (Phi) is 4.75. The van der Waals surface area contributed by atoms with Crippen LogP contribution in [0.25, 0.3) is 0 Å². The third kappa shape index (κ3) is 3.84. The van der Waals surface area contributed by atoms with E-state index in [1.807, 2.05) is 6.20 Å². The van der Waals surface area contributed by atoms with Gasteiger partial charge in [0.25, 0.3) is 0 Å². The Labute approximate surface area is 108 Å². The molecule has 1 amide bonds. The molecule has 0 aromatic carbocycles. The number of nitrogens with one attached hydrogen (secondary N) is 2. The molecule has 1 fully saturated rings. The van der Waals surface area contributed by atoms with Crippen molar-refractivity contribution in [2.75, 3.05) is 6.54 Å². The Hall–Kier alpha value is -1.36. The van der Waals surface area contributed by atoms with E-state index >= 15 is 0 Å². The van der Waals surface area contributed by atoms with E-state index in [4.69, 9.17) is 5.73 Å². The molecule has 5 heteroatoms. The molecule has 0 saturated heterocycles. The average molecular weight is 250 g/mol. The summed E-state index contributed by atoms with van der Waals surface area (Å²) in [4.78, 5) is 19.1. The van der Waals surface area contributed by atoms with Crippen molar-refractivity contribution in [3.05, 3.63) is 18.2 Å². The van der Waals surface area contributed by atoms with E-state index in [9.17, 15) is 4.79 Å². The molecular formula is C13H22N4O. The second kappa shape index (κ2) is 6.54. The maximum absolute atomic E-state index is 11.9. The molecule has 1 aliphatic rings. The van der Waals surface area contributed by atoms with Gasteiger partial charge in [-0.25, -0.2) is 4.98 Å². The summed E-state index contributed by atoms with van der Waals surface area (Å²) in [6.45, 7) is 0.724. The number of amides is 1. The van der Waals surface area contributed by atoms with E-state index in [-0.39, 0.29) is 11.8 Å². The van der Waals surface area contributed by atoms with Crippen molar-refractivity contribution >= 4 is 5.91 Å². The number of rotatable bonds is 5. The predicted molar refractivity (Wildman–Crippen MR) is 69.9 cm³/mol. The van der Waals surface area contributed by atoms with Crippen LogP contribution in [0.3, 0.4) is 0 Å². The summed E-state index contributed by atoms with van der Waals surface area (Å²) < 4.78 is 0. The van der Waals surface area contributed by atoms with Gasteiger partial charge in [0.2, 0.25) is 5.91 Å². The van der Waals surface area contributed by atoms with Gasteiger partial charge < -0.3 is 16.0 Å². The molecule has 1 heterocycles. The third-order valence-corrected chi connectivity index (χ3v) is 3.59. The van der Waals surface area contributed by atoms with Crippen molar-refractivity contribution in [2.45, 2.75) is 44.6 Å². The van der Waals surface area contributed by atoms with Crippen LogP contribution >= 0.6 is 0 Å². The fourth-order valence-electron chi connectivity index (χ4n) is 2.43. The summed E-state index contributed by atoms with van der Waals surface area (Å²) in [5, 5.41) is 3.01. The Balaban J connectivity index is 1.60. The van der Waals surface area contributed by atoms with E-state index in [1.165, 1.54) is 0 Å². The minimum absolute atomic E-state index is 0.174. The minimum atomic E-state index is 0.174. The quantitative estimate of drug-likeness (QED) is 0.681. The van der Waals surface area contributed by atoms with Crippen LogP contribution in [-0.2, 0) is 11.2 Å². The highest BCUT2D eigenvalue weighted by molar-refractivity contribution is 5.78. The first-order valence-electron chi connectivity index (χ1n) is 6.77. The van der Waals surface area contributed by atoms with Crippen LogP contribution in [0.1, 0.15) is 37.9 Å². The standard InChI is InChI=1S/C13H22N4O/c14-11-5-3-10(4-6-11)13(18)17-7-1-2-12-15-8-9-16-12/h8-11H,1-7,14H2,(H,15,16)(H,17,18). The molecule has 100 valence electrons. The number of nitrogens with two attached hydrogens (primary N) is 1.